The van der Waals surface area contributed by atoms with Gasteiger partial charge in [-0.3, -0.25) is 4.90 Å². The first-order valence-electron chi connectivity index (χ1n) is 7.35. The van der Waals surface area contributed by atoms with Gasteiger partial charge in [0, 0.05) is 22.5 Å². The molecule has 0 aliphatic carbocycles. The number of thiophene rings is 1. The first-order valence-corrected chi connectivity index (χ1v) is 8.61. The molecule has 0 N–H and O–H groups in total. The maximum atomic E-state index is 6.33. The standard InChI is InChI=1S/C17H20ClNS/c18-15-8-4-3-7-14(15)13-19-11-5-1-2-9-16(19)17-10-6-12-20-17/h3-4,6-8,10,12,16H,1-2,5,9,11,13H2/t16-/m0/s1. The van der Waals surface area contributed by atoms with Crippen LogP contribution in [0.25, 0.3) is 0 Å². The van der Waals surface area contributed by atoms with Crippen molar-refractivity contribution < 1.29 is 0 Å². The highest BCUT2D eigenvalue weighted by Gasteiger charge is 2.23. The lowest BCUT2D eigenvalue weighted by Gasteiger charge is -2.29. The van der Waals surface area contributed by atoms with E-state index in [0.29, 0.717) is 6.04 Å². The number of hydrogen-bond acceptors (Lipinski definition) is 2. The molecule has 2 heterocycles. The zero-order chi connectivity index (χ0) is 13.8. The molecule has 3 heteroatoms. The molecule has 1 nitrogen and oxygen atoms in total. The van der Waals surface area contributed by atoms with Crippen molar-refractivity contribution in [3.63, 3.8) is 0 Å². The molecule has 1 saturated heterocycles. The highest BCUT2D eigenvalue weighted by Crippen LogP contribution is 2.34. The van der Waals surface area contributed by atoms with Crippen LogP contribution < -0.4 is 0 Å². The van der Waals surface area contributed by atoms with E-state index in [-0.39, 0.29) is 0 Å². The van der Waals surface area contributed by atoms with Gasteiger partial charge >= 0.3 is 0 Å². The zero-order valence-electron chi connectivity index (χ0n) is 11.6. The van der Waals surface area contributed by atoms with E-state index in [0.717, 1.165) is 11.6 Å². The molecule has 1 aliphatic heterocycles. The second kappa shape index (κ2) is 6.75. The van der Waals surface area contributed by atoms with Crippen LogP contribution in [0.15, 0.2) is 41.8 Å². The van der Waals surface area contributed by atoms with Crippen molar-refractivity contribution in [3.05, 3.63) is 57.2 Å². The minimum absolute atomic E-state index is 0.564. The van der Waals surface area contributed by atoms with Crippen molar-refractivity contribution in [1.29, 1.82) is 0 Å². The first-order chi connectivity index (χ1) is 9.84. The van der Waals surface area contributed by atoms with E-state index < -0.39 is 0 Å². The highest BCUT2D eigenvalue weighted by atomic mass is 35.5. The summed E-state index contributed by atoms with van der Waals surface area (Å²) in [6.07, 6.45) is 5.25. The maximum absolute atomic E-state index is 6.33. The number of hydrogen-bond donors (Lipinski definition) is 0. The highest BCUT2D eigenvalue weighted by molar-refractivity contribution is 7.10. The predicted molar refractivity (Wildman–Crippen MR) is 87.4 cm³/mol. The Morgan fingerprint density at radius 2 is 2.00 bits per heavy atom. The molecule has 0 bridgehead atoms. The fourth-order valence-corrected chi connectivity index (χ4v) is 4.10. The van der Waals surface area contributed by atoms with Gasteiger partial charge < -0.3 is 0 Å². The van der Waals surface area contributed by atoms with Gasteiger partial charge in [0.15, 0.2) is 0 Å². The van der Waals surface area contributed by atoms with Crippen LogP contribution in [-0.2, 0) is 6.54 Å². The Balaban J connectivity index is 1.82. The third kappa shape index (κ3) is 3.25. The van der Waals surface area contributed by atoms with Gasteiger partial charge in [0.05, 0.1) is 0 Å². The molecule has 1 aromatic carbocycles. The van der Waals surface area contributed by atoms with Crippen LogP contribution in [0.1, 0.15) is 42.2 Å². The van der Waals surface area contributed by atoms with Gasteiger partial charge in [-0.1, -0.05) is 48.7 Å². The van der Waals surface area contributed by atoms with Gasteiger partial charge in [-0.2, -0.15) is 0 Å². The van der Waals surface area contributed by atoms with Crippen LogP contribution in [0, 0.1) is 0 Å². The van der Waals surface area contributed by atoms with Crippen molar-refractivity contribution in [1.82, 2.24) is 4.90 Å². The average Bonchev–Trinajstić information content (AvgIpc) is 2.89. The molecule has 0 radical (unpaired) electrons. The maximum Gasteiger partial charge on any atom is 0.0451 e. The monoisotopic (exact) mass is 305 g/mol. The molecule has 0 unspecified atom stereocenters. The normalized spacial score (nSPS) is 20.8. The van der Waals surface area contributed by atoms with E-state index in [2.05, 4.69) is 34.5 Å². The van der Waals surface area contributed by atoms with Crippen molar-refractivity contribution in [2.24, 2.45) is 0 Å². The number of nitrogens with zero attached hydrogens (tertiary/aromatic N) is 1. The Kier molecular flexibility index (Phi) is 4.77. The van der Waals surface area contributed by atoms with E-state index >= 15 is 0 Å². The molecule has 20 heavy (non-hydrogen) atoms. The van der Waals surface area contributed by atoms with Crippen LogP contribution in [0.3, 0.4) is 0 Å². The molecule has 0 spiro atoms. The average molecular weight is 306 g/mol. The van der Waals surface area contributed by atoms with E-state index in [4.69, 9.17) is 11.6 Å². The van der Waals surface area contributed by atoms with Crippen LogP contribution >= 0.6 is 22.9 Å². The second-order valence-corrected chi connectivity index (χ2v) is 6.83. The number of halogens is 1. The van der Waals surface area contributed by atoms with Crippen molar-refractivity contribution >= 4 is 22.9 Å². The van der Waals surface area contributed by atoms with Gasteiger partial charge in [0.25, 0.3) is 0 Å². The first kappa shape index (κ1) is 14.1. The molecule has 1 fully saturated rings. The molecular weight excluding hydrogens is 286 g/mol. The van der Waals surface area contributed by atoms with Gasteiger partial charge in [0.2, 0.25) is 0 Å². The van der Waals surface area contributed by atoms with Gasteiger partial charge in [-0.05, 0) is 42.5 Å². The third-order valence-electron chi connectivity index (χ3n) is 4.07. The zero-order valence-corrected chi connectivity index (χ0v) is 13.2. The molecule has 1 aromatic heterocycles. The smallest absolute Gasteiger partial charge is 0.0451 e. The van der Waals surface area contributed by atoms with E-state index in [1.54, 1.807) is 0 Å². The SMILES string of the molecule is Clc1ccccc1CN1CCCCC[C@H]1c1cccs1. The Bertz CT molecular complexity index is 538. The van der Waals surface area contributed by atoms with Crippen LogP contribution in [0.2, 0.25) is 5.02 Å². The van der Waals surface area contributed by atoms with Gasteiger partial charge in [-0.25, -0.2) is 0 Å². The van der Waals surface area contributed by atoms with Crippen LogP contribution in [-0.4, -0.2) is 11.4 Å². The summed E-state index contributed by atoms with van der Waals surface area (Å²) in [6.45, 7) is 2.13. The Hall–Kier alpha value is -0.830. The molecule has 1 atom stereocenters. The van der Waals surface area contributed by atoms with E-state index in [1.165, 1.54) is 42.7 Å². The molecule has 0 saturated carbocycles. The quantitative estimate of drug-likeness (QED) is 0.722. The van der Waals surface area contributed by atoms with Gasteiger partial charge in [-0.15, -0.1) is 11.3 Å². The molecule has 106 valence electrons. The molecule has 0 amide bonds. The van der Waals surface area contributed by atoms with Crippen molar-refractivity contribution in [2.75, 3.05) is 6.54 Å². The van der Waals surface area contributed by atoms with Crippen molar-refractivity contribution in [3.8, 4) is 0 Å². The van der Waals surface area contributed by atoms with Crippen LogP contribution in [0.4, 0.5) is 0 Å². The van der Waals surface area contributed by atoms with E-state index in [1.807, 2.05) is 23.5 Å². The molecule has 1 aliphatic rings. The topological polar surface area (TPSA) is 3.24 Å². The summed E-state index contributed by atoms with van der Waals surface area (Å²) in [6, 6.07) is 13.2. The largest absolute Gasteiger partial charge is 0.291 e. The molecular formula is C17H20ClNS. The third-order valence-corrected chi connectivity index (χ3v) is 5.41. The van der Waals surface area contributed by atoms with Gasteiger partial charge in [0.1, 0.15) is 0 Å². The minimum atomic E-state index is 0.564. The lowest BCUT2D eigenvalue weighted by atomic mass is 10.1. The van der Waals surface area contributed by atoms with E-state index in [9.17, 15) is 0 Å². The second-order valence-electron chi connectivity index (χ2n) is 5.44. The summed E-state index contributed by atoms with van der Waals surface area (Å²) in [5, 5.41) is 3.08. The summed E-state index contributed by atoms with van der Waals surface area (Å²) in [5.74, 6) is 0. The lowest BCUT2D eigenvalue weighted by molar-refractivity contribution is 0.195. The lowest BCUT2D eigenvalue weighted by Crippen LogP contribution is -2.27. The summed E-state index contributed by atoms with van der Waals surface area (Å²) in [4.78, 5) is 4.11. The minimum Gasteiger partial charge on any atom is -0.291 e. The summed E-state index contributed by atoms with van der Waals surface area (Å²) < 4.78 is 0. The fraction of sp³-hybridized carbons (Fsp3) is 0.412. The molecule has 2 aromatic rings. The summed E-state index contributed by atoms with van der Waals surface area (Å²) >= 11 is 8.22. The molecule has 3 rings (SSSR count). The number of rotatable bonds is 3. The number of likely N-dealkylation sites (tertiary alicyclic amines) is 1. The number of benzene rings is 1. The van der Waals surface area contributed by atoms with Crippen LogP contribution in [0.5, 0.6) is 0 Å². The predicted octanol–water partition coefficient (Wildman–Crippen LogP) is 5.52. The summed E-state index contributed by atoms with van der Waals surface area (Å²) in [7, 11) is 0. The Labute approximate surface area is 130 Å². The van der Waals surface area contributed by atoms with Crippen molar-refractivity contribution in [2.45, 2.75) is 38.3 Å². The fourth-order valence-electron chi connectivity index (χ4n) is 3.01. The Morgan fingerprint density at radius 1 is 1.10 bits per heavy atom. The Morgan fingerprint density at radius 3 is 2.80 bits per heavy atom. The summed E-state index contributed by atoms with van der Waals surface area (Å²) in [5.41, 5.74) is 1.25.